The molecule has 0 saturated carbocycles. The van der Waals surface area contributed by atoms with Gasteiger partial charge in [-0.25, -0.2) is 4.98 Å². The standard InChI is InChI=1S/C14H14BrIN2O/c1-14(2,3)13-17-11(15)8-12(18-13)19-10-7-5-4-6-9(10)16/h4-8H,1-3H3. The Bertz CT molecular complexity index is 596. The molecule has 19 heavy (non-hydrogen) atoms. The molecule has 0 aliphatic rings. The first-order valence-corrected chi connectivity index (χ1v) is 7.71. The lowest BCUT2D eigenvalue weighted by atomic mass is 9.96. The fraction of sp³-hybridized carbons (Fsp3) is 0.286. The predicted octanol–water partition coefficient (Wildman–Crippen LogP) is 4.93. The van der Waals surface area contributed by atoms with Crippen LogP contribution in [-0.4, -0.2) is 9.97 Å². The molecule has 5 heteroatoms. The molecular formula is C14H14BrIN2O. The van der Waals surface area contributed by atoms with E-state index in [4.69, 9.17) is 4.74 Å². The van der Waals surface area contributed by atoms with Crippen molar-refractivity contribution in [2.24, 2.45) is 0 Å². The summed E-state index contributed by atoms with van der Waals surface area (Å²) in [6.45, 7) is 6.22. The molecule has 1 aromatic carbocycles. The van der Waals surface area contributed by atoms with Crippen LogP contribution in [-0.2, 0) is 5.41 Å². The molecule has 0 radical (unpaired) electrons. The van der Waals surface area contributed by atoms with Crippen molar-refractivity contribution in [3.05, 3.63) is 44.3 Å². The summed E-state index contributed by atoms with van der Waals surface area (Å²) in [6.07, 6.45) is 0. The highest BCUT2D eigenvalue weighted by molar-refractivity contribution is 14.1. The minimum absolute atomic E-state index is 0.119. The van der Waals surface area contributed by atoms with Gasteiger partial charge in [0.15, 0.2) is 0 Å². The Labute approximate surface area is 135 Å². The summed E-state index contributed by atoms with van der Waals surface area (Å²) in [5.74, 6) is 2.10. The minimum atomic E-state index is -0.119. The Hall–Kier alpha value is -0.690. The van der Waals surface area contributed by atoms with Crippen molar-refractivity contribution in [2.75, 3.05) is 0 Å². The summed E-state index contributed by atoms with van der Waals surface area (Å²) in [7, 11) is 0. The molecule has 0 amide bonds. The highest BCUT2D eigenvalue weighted by atomic mass is 127. The topological polar surface area (TPSA) is 35.0 Å². The van der Waals surface area contributed by atoms with Crippen LogP contribution in [0.4, 0.5) is 0 Å². The van der Waals surface area contributed by atoms with Gasteiger partial charge >= 0.3 is 0 Å². The van der Waals surface area contributed by atoms with E-state index in [2.05, 4.69) is 69.3 Å². The molecule has 2 rings (SSSR count). The lowest BCUT2D eigenvalue weighted by Gasteiger charge is -2.17. The number of nitrogens with zero attached hydrogens (tertiary/aromatic N) is 2. The molecule has 1 heterocycles. The molecule has 0 atom stereocenters. The van der Waals surface area contributed by atoms with Crippen molar-refractivity contribution in [2.45, 2.75) is 26.2 Å². The monoisotopic (exact) mass is 432 g/mol. The first-order chi connectivity index (χ1) is 8.86. The number of hydrogen-bond acceptors (Lipinski definition) is 3. The first kappa shape index (κ1) is 14.7. The van der Waals surface area contributed by atoms with Crippen LogP contribution in [0.2, 0.25) is 0 Å². The number of hydrogen-bond donors (Lipinski definition) is 0. The highest BCUT2D eigenvalue weighted by Crippen LogP contribution is 2.28. The minimum Gasteiger partial charge on any atom is -0.438 e. The number of rotatable bonds is 2. The fourth-order valence-electron chi connectivity index (χ4n) is 1.42. The van der Waals surface area contributed by atoms with E-state index in [1.165, 1.54) is 0 Å². The third-order valence-corrected chi connectivity index (χ3v) is 3.69. The smallest absolute Gasteiger partial charge is 0.223 e. The zero-order valence-electron chi connectivity index (χ0n) is 10.9. The molecule has 2 aromatic rings. The molecule has 0 N–H and O–H groups in total. The van der Waals surface area contributed by atoms with Gasteiger partial charge in [-0.2, -0.15) is 4.98 Å². The molecule has 0 aliphatic carbocycles. The largest absolute Gasteiger partial charge is 0.438 e. The lowest BCUT2D eigenvalue weighted by molar-refractivity contribution is 0.442. The number of benzene rings is 1. The van der Waals surface area contributed by atoms with Crippen molar-refractivity contribution in [1.29, 1.82) is 0 Å². The van der Waals surface area contributed by atoms with Gasteiger partial charge in [-0.15, -0.1) is 0 Å². The molecule has 0 aliphatic heterocycles. The van der Waals surface area contributed by atoms with Crippen LogP contribution in [0.5, 0.6) is 11.6 Å². The van der Waals surface area contributed by atoms with Gasteiger partial charge in [0.1, 0.15) is 16.2 Å². The summed E-state index contributed by atoms with van der Waals surface area (Å²) in [4.78, 5) is 8.87. The maximum Gasteiger partial charge on any atom is 0.223 e. The van der Waals surface area contributed by atoms with E-state index in [1.54, 1.807) is 6.07 Å². The predicted molar refractivity (Wildman–Crippen MR) is 87.7 cm³/mol. The number of para-hydroxylation sites is 1. The number of aromatic nitrogens is 2. The Morgan fingerprint density at radius 2 is 1.84 bits per heavy atom. The van der Waals surface area contributed by atoms with Gasteiger partial charge in [-0.1, -0.05) is 32.9 Å². The van der Waals surface area contributed by atoms with Gasteiger partial charge in [0.25, 0.3) is 0 Å². The van der Waals surface area contributed by atoms with Crippen LogP contribution < -0.4 is 4.74 Å². The summed E-state index contributed by atoms with van der Waals surface area (Å²) >= 11 is 5.64. The molecule has 100 valence electrons. The Morgan fingerprint density at radius 3 is 2.47 bits per heavy atom. The fourth-order valence-corrected chi connectivity index (χ4v) is 2.29. The van der Waals surface area contributed by atoms with Gasteiger partial charge in [-0.05, 0) is 50.7 Å². The zero-order valence-corrected chi connectivity index (χ0v) is 14.7. The van der Waals surface area contributed by atoms with Crippen LogP contribution >= 0.6 is 38.5 Å². The second-order valence-corrected chi connectivity index (χ2v) is 7.11. The Kier molecular flexibility index (Phi) is 4.45. The zero-order chi connectivity index (χ0) is 14.0. The van der Waals surface area contributed by atoms with Crippen LogP contribution in [0, 0.1) is 3.57 Å². The van der Waals surface area contributed by atoms with E-state index in [0.717, 1.165) is 19.7 Å². The Morgan fingerprint density at radius 1 is 1.16 bits per heavy atom. The molecule has 3 nitrogen and oxygen atoms in total. The summed E-state index contributed by atoms with van der Waals surface area (Å²) < 4.78 is 7.62. The molecular weight excluding hydrogens is 419 g/mol. The molecule has 1 aromatic heterocycles. The number of ether oxygens (including phenoxy) is 1. The van der Waals surface area contributed by atoms with E-state index in [-0.39, 0.29) is 5.41 Å². The van der Waals surface area contributed by atoms with Gasteiger partial charge in [-0.3, -0.25) is 0 Å². The molecule has 0 spiro atoms. The molecule has 0 saturated heterocycles. The average molecular weight is 433 g/mol. The molecule has 0 fully saturated rings. The van der Waals surface area contributed by atoms with Gasteiger partial charge in [0.2, 0.25) is 5.88 Å². The third kappa shape index (κ3) is 3.89. The van der Waals surface area contributed by atoms with Crippen LogP contribution in [0.25, 0.3) is 0 Å². The van der Waals surface area contributed by atoms with Crippen LogP contribution in [0.3, 0.4) is 0 Å². The van der Waals surface area contributed by atoms with Crippen molar-refractivity contribution in [3.8, 4) is 11.6 Å². The number of halogens is 2. The summed E-state index contributed by atoms with van der Waals surface area (Å²) in [5, 5.41) is 0. The third-order valence-electron chi connectivity index (χ3n) is 2.39. The van der Waals surface area contributed by atoms with Crippen molar-refractivity contribution < 1.29 is 4.74 Å². The van der Waals surface area contributed by atoms with Crippen LogP contribution in [0.15, 0.2) is 34.9 Å². The second kappa shape index (κ2) is 5.75. The maximum atomic E-state index is 5.84. The van der Waals surface area contributed by atoms with E-state index in [1.807, 2.05) is 24.3 Å². The van der Waals surface area contributed by atoms with E-state index < -0.39 is 0 Å². The second-order valence-electron chi connectivity index (χ2n) is 5.13. The molecule has 0 bridgehead atoms. The first-order valence-electron chi connectivity index (χ1n) is 5.84. The van der Waals surface area contributed by atoms with E-state index in [9.17, 15) is 0 Å². The maximum absolute atomic E-state index is 5.84. The quantitative estimate of drug-likeness (QED) is 0.498. The average Bonchev–Trinajstić information content (AvgIpc) is 2.30. The van der Waals surface area contributed by atoms with Crippen molar-refractivity contribution in [1.82, 2.24) is 9.97 Å². The van der Waals surface area contributed by atoms with Crippen molar-refractivity contribution >= 4 is 38.5 Å². The summed E-state index contributed by atoms with van der Waals surface area (Å²) in [6, 6.07) is 9.62. The van der Waals surface area contributed by atoms with E-state index in [0.29, 0.717) is 5.88 Å². The Balaban J connectivity index is 2.36. The van der Waals surface area contributed by atoms with Crippen molar-refractivity contribution in [3.63, 3.8) is 0 Å². The SMILES string of the molecule is CC(C)(C)c1nc(Br)cc(Oc2ccccc2I)n1. The van der Waals surface area contributed by atoms with Gasteiger partial charge in [0.05, 0.1) is 3.57 Å². The van der Waals surface area contributed by atoms with Gasteiger partial charge < -0.3 is 4.74 Å². The summed E-state index contributed by atoms with van der Waals surface area (Å²) in [5.41, 5.74) is -0.119. The normalized spacial score (nSPS) is 11.4. The highest BCUT2D eigenvalue weighted by Gasteiger charge is 2.19. The van der Waals surface area contributed by atoms with Gasteiger partial charge in [0, 0.05) is 11.5 Å². The lowest BCUT2D eigenvalue weighted by Crippen LogP contribution is -2.16. The van der Waals surface area contributed by atoms with Crippen LogP contribution in [0.1, 0.15) is 26.6 Å². The van der Waals surface area contributed by atoms with E-state index >= 15 is 0 Å². The molecule has 0 unspecified atom stereocenters.